The smallest absolute Gasteiger partial charge is 0.237 e. The van der Waals surface area contributed by atoms with Gasteiger partial charge in [-0.25, -0.2) is 4.98 Å². The summed E-state index contributed by atoms with van der Waals surface area (Å²) in [4.78, 5) is 33.5. The number of aromatic nitrogens is 1. The highest BCUT2D eigenvalue weighted by Crippen LogP contribution is 2.22. The van der Waals surface area contributed by atoms with E-state index in [2.05, 4.69) is 15.2 Å². The van der Waals surface area contributed by atoms with Crippen LogP contribution in [0.15, 0.2) is 24.4 Å². The zero-order chi connectivity index (χ0) is 17.7. The summed E-state index contributed by atoms with van der Waals surface area (Å²) in [6.07, 6.45) is 2.62. The van der Waals surface area contributed by atoms with Gasteiger partial charge in [-0.3, -0.25) is 9.59 Å². The van der Waals surface area contributed by atoms with Crippen molar-refractivity contribution < 1.29 is 9.59 Å². The van der Waals surface area contributed by atoms with Crippen LogP contribution >= 0.6 is 0 Å². The summed E-state index contributed by atoms with van der Waals surface area (Å²) in [5.41, 5.74) is -1.05. The number of carbonyl (C=O) groups excluding carboxylic acids is 2. The second-order valence-corrected chi connectivity index (χ2v) is 6.87. The third kappa shape index (κ3) is 4.04. The highest BCUT2D eigenvalue weighted by atomic mass is 16.2. The maximum atomic E-state index is 12.8. The van der Waals surface area contributed by atoms with Gasteiger partial charge in [0.15, 0.2) is 0 Å². The van der Waals surface area contributed by atoms with Gasteiger partial charge in [0.1, 0.15) is 11.2 Å². The Morgan fingerprint density at radius 3 is 2.46 bits per heavy atom. The number of rotatable bonds is 5. The maximum absolute atomic E-state index is 12.8. The molecule has 0 radical (unpaired) electrons. The summed E-state index contributed by atoms with van der Waals surface area (Å²) >= 11 is 0. The molecule has 1 aromatic rings. The van der Waals surface area contributed by atoms with Gasteiger partial charge in [-0.2, -0.15) is 0 Å². The first-order chi connectivity index (χ1) is 11.4. The van der Waals surface area contributed by atoms with Gasteiger partial charge in [0.05, 0.1) is 0 Å². The van der Waals surface area contributed by atoms with Crippen LogP contribution in [0.4, 0.5) is 5.82 Å². The molecule has 0 saturated carbocycles. The summed E-state index contributed by atoms with van der Waals surface area (Å²) in [6, 6.07) is 5.90. The molecule has 2 rings (SSSR count). The van der Waals surface area contributed by atoms with Crippen LogP contribution in [-0.4, -0.2) is 53.9 Å². The third-order valence-corrected chi connectivity index (χ3v) is 4.63. The van der Waals surface area contributed by atoms with Gasteiger partial charge in [0, 0.05) is 38.4 Å². The van der Waals surface area contributed by atoms with E-state index in [1.807, 2.05) is 32.0 Å². The molecule has 6 heteroatoms. The second-order valence-electron chi connectivity index (χ2n) is 6.87. The van der Waals surface area contributed by atoms with Crippen molar-refractivity contribution in [2.24, 2.45) is 5.41 Å². The Hall–Kier alpha value is -2.11. The SMILES string of the molecule is CCC(C)NC(=O)C(C)(C)C(=O)N1CCN(c2ccccn2)CC1. The molecule has 1 aliphatic heterocycles. The fraction of sp³-hybridized carbons (Fsp3) is 0.611. The number of pyridine rings is 1. The van der Waals surface area contributed by atoms with Gasteiger partial charge in [-0.1, -0.05) is 13.0 Å². The topological polar surface area (TPSA) is 65.5 Å². The summed E-state index contributed by atoms with van der Waals surface area (Å²) in [5, 5.41) is 2.92. The Balaban J connectivity index is 1.95. The molecule has 1 atom stereocenters. The van der Waals surface area contributed by atoms with Crippen molar-refractivity contribution in [2.45, 2.75) is 40.2 Å². The lowest BCUT2D eigenvalue weighted by Crippen LogP contribution is -2.56. The molecule has 24 heavy (non-hydrogen) atoms. The highest BCUT2D eigenvalue weighted by Gasteiger charge is 2.40. The minimum Gasteiger partial charge on any atom is -0.353 e. The van der Waals surface area contributed by atoms with Crippen molar-refractivity contribution in [3.8, 4) is 0 Å². The van der Waals surface area contributed by atoms with E-state index < -0.39 is 5.41 Å². The molecule has 1 saturated heterocycles. The fourth-order valence-corrected chi connectivity index (χ4v) is 2.68. The molecule has 132 valence electrons. The van der Waals surface area contributed by atoms with Crippen molar-refractivity contribution in [3.05, 3.63) is 24.4 Å². The van der Waals surface area contributed by atoms with Crippen LogP contribution in [-0.2, 0) is 9.59 Å². The Kier molecular flexibility index (Phi) is 5.80. The lowest BCUT2D eigenvalue weighted by Gasteiger charge is -2.38. The summed E-state index contributed by atoms with van der Waals surface area (Å²) < 4.78 is 0. The van der Waals surface area contributed by atoms with Gasteiger partial charge in [-0.15, -0.1) is 0 Å². The molecule has 0 aromatic carbocycles. The first kappa shape index (κ1) is 18.2. The van der Waals surface area contributed by atoms with E-state index >= 15 is 0 Å². The Morgan fingerprint density at radius 2 is 1.92 bits per heavy atom. The minimum atomic E-state index is -1.05. The second kappa shape index (κ2) is 7.64. The van der Waals surface area contributed by atoms with Crippen LogP contribution in [0.1, 0.15) is 34.1 Å². The van der Waals surface area contributed by atoms with Gasteiger partial charge in [0.25, 0.3) is 0 Å². The summed E-state index contributed by atoms with van der Waals surface area (Å²) in [7, 11) is 0. The molecular weight excluding hydrogens is 304 g/mol. The molecule has 6 nitrogen and oxygen atoms in total. The number of nitrogens with zero attached hydrogens (tertiary/aromatic N) is 3. The molecule has 1 unspecified atom stereocenters. The molecule has 1 fully saturated rings. The Morgan fingerprint density at radius 1 is 1.25 bits per heavy atom. The predicted octanol–water partition coefficient (Wildman–Crippen LogP) is 1.67. The van der Waals surface area contributed by atoms with E-state index in [-0.39, 0.29) is 17.9 Å². The lowest BCUT2D eigenvalue weighted by molar-refractivity contribution is -0.149. The normalized spacial score (nSPS) is 16.7. The molecule has 2 heterocycles. The number of carbonyl (C=O) groups is 2. The zero-order valence-electron chi connectivity index (χ0n) is 15.1. The van der Waals surface area contributed by atoms with Crippen LogP contribution in [0.5, 0.6) is 0 Å². The zero-order valence-corrected chi connectivity index (χ0v) is 15.1. The van der Waals surface area contributed by atoms with Crippen molar-refractivity contribution in [2.75, 3.05) is 31.1 Å². The highest BCUT2D eigenvalue weighted by molar-refractivity contribution is 6.04. The first-order valence-corrected chi connectivity index (χ1v) is 8.62. The van der Waals surface area contributed by atoms with Gasteiger partial charge >= 0.3 is 0 Å². The third-order valence-electron chi connectivity index (χ3n) is 4.63. The van der Waals surface area contributed by atoms with E-state index in [9.17, 15) is 9.59 Å². The Labute approximate surface area is 144 Å². The molecule has 0 spiro atoms. The lowest BCUT2D eigenvalue weighted by atomic mass is 9.89. The molecule has 1 aromatic heterocycles. The predicted molar refractivity (Wildman–Crippen MR) is 94.7 cm³/mol. The number of hydrogen-bond acceptors (Lipinski definition) is 4. The standard InChI is InChI=1S/C18H28N4O2/c1-5-14(2)20-16(23)18(3,4)17(24)22-12-10-21(11-13-22)15-8-6-7-9-19-15/h6-9,14H,5,10-13H2,1-4H3,(H,20,23). The van der Waals surface area contributed by atoms with E-state index in [0.717, 1.165) is 25.3 Å². The van der Waals surface area contributed by atoms with Crippen LogP contribution in [0, 0.1) is 5.41 Å². The van der Waals surface area contributed by atoms with Crippen molar-refractivity contribution >= 4 is 17.6 Å². The van der Waals surface area contributed by atoms with Crippen molar-refractivity contribution in [1.29, 1.82) is 0 Å². The maximum Gasteiger partial charge on any atom is 0.237 e. The van der Waals surface area contributed by atoms with Gasteiger partial charge < -0.3 is 15.1 Å². The Bertz CT molecular complexity index is 566. The number of amides is 2. The first-order valence-electron chi connectivity index (χ1n) is 8.62. The average Bonchev–Trinajstić information content (AvgIpc) is 2.61. The van der Waals surface area contributed by atoms with E-state index in [0.29, 0.717) is 13.1 Å². The number of piperazine rings is 1. The molecule has 0 bridgehead atoms. The fourth-order valence-electron chi connectivity index (χ4n) is 2.68. The van der Waals surface area contributed by atoms with Gasteiger partial charge in [0.2, 0.25) is 11.8 Å². The number of nitrogens with one attached hydrogen (secondary N) is 1. The molecule has 0 aliphatic carbocycles. The molecule has 2 amide bonds. The van der Waals surface area contributed by atoms with E-state index in [1.165, 1.54) is 0 Å². The van der Waals surface area contributed by atoms with Crippen LogP contribution in [0.3, 0.4) is 0 Å². The largest absolute Gasteiger partial charge is 0.353 e. The van der Waals surface area contributed by atoms with Crippen molar-refractivity contribution in [1.82, 2.24) is 15.2 Å². The molecule has 1 N–H and O–H groups in total. The van der Waals surface area contributed by atoms with E-state index in [1.54, 1.807) is 24.9 Å². The van der Waals surface area contributed by atoms with Crippen molar-refractivity contribution in [3.63, 3.8) is 0 Å². The quantitative estimate of drug-likeness (QED) is 0.833. The van der Waals surface area contributed by atoms with Crippen LogP contribution in [0.25, 0.3) is 0 Å². The number of anilines is 1. The molecule has 1 aliphatic rings. The van der Waals surface area contributed by atoms with Crippen LogP contribution in [0.2, 0.25) is 0 Å². The monoisotopic (exact) mass is 332 g/mol. The molecular formula is C18H28N4O2. The van der Waals surface area contributed by atoms with Crippen LogP contribution < -0.4 is 10.2 Å². The average molecular weight is 332 g/mol. The summed E-state index contributed by atoms with van der Waals surface area (Å²) in [6.45, 7) is 10.0. The summed E-state index contributed by atoms with van der Waals surface area (Å²) in [5.74, 6) is 0.622. The van der Waals surface area contributed by atoms with Gasteiger partial charge in [-0.05, 0) is 39.3 Å². The van der Waals surface area contributed by atoms with E-state index in [4.69, 9.17) is 0 Å². The minimum absolute atomic E-state index is 0.0746. The number of hydrogen-bond donors (Lipinski definition) is 1.